The standard InChI is InChI=1S/C18H21Cl2NO/c1-21(2)10-6-9-15-11-16(19)18(17(20)12-15)22-13-14-7-4-3-5-8-14/h3-5,7-8,11-12H,6,9-10,13H2,1-2H3. The van der Waals surface area contributed by atoms with Crippen LogP contribution in [0.2, 0.25) is 10.0 Å². The van der Waals surface area contributed by atoms with E-state index in [1.165, 1.54) is 0 Å². The van der Waals surface area contributed by atoms with Gasteiger partial charge in [0.15, 0.2) is 5.75 Å². The summed E-state index contributed by atoms with van der Waals surface area (Å²) in [4.78, 5) is 2.17. The molecular formula is C18H21Cl2NO. The van der Waals surface area contributed by atoms with Crippen LogP contribution in [-0.4, -0.2) is 25.5 Å². The van der Waals surface area contributed by atoms with E-state index in [9.17, 15) is 0 Å². The Hall–Kier alpha value is -1.22. The zero-order valence-corrected chi connectivity index (χ0v) is 14.5. The molecule has 0 bridgehead atoms. The molecule has 0 spiro atoms. The van der Waals surface area contributed by atoms with Gasteiger partial charge in [-0.05, 0) is 56.7 Å². The molecule has 22 heavy (non-hydrogen) atoms. The highest BCUT2D eigenvalue weighted by molar-refractivity contribution is 6.37. The van der Waals surface area contributed by atoms with Crippen LogP contribution < -0.4 is 4.74 Å². The minimum Gasteiger partial charge on any atom is -0.486 e. The van der Waals surface area contributed by atoms with Gasteiger partial charge >= 0.3 is 0 Å². The molecule has 0 aromatic heterocycles. The summed E-state index contributed by atoms with van der Waals surface area (Å²) in [6.07, 6.45) is 2.03. The average molecular weight is 338 g/mol. The number of rotatable bonds is 7. The Morgan fingerprint density at radius 1 is 0.955 bits per heavy atom. The van der Waals surface area contributed by atoms with Crippen molar-refractivity contribution in [3.05, 3.63) is 63.6 Å². The molecule has 2 nitrogen and oxygen atoms in total. The molecular weight excluding hydrogens is 317 g/mol. The Balaban J connectivity index is 2.00. The number of benzene rings is 2. The summed E-state index contributed by atoms with van der Waals surface area (Å²) in [6, 6.07) is 13.9. The van der Waals surface area contributed by atoms with Crippen molar-refractivity contribution >= 4 is 23.2 Å². The van der Waals surface area contributed by atoms with Crippen LogP contribution in [-0.2, 0) is 13.0 Å². The minimum atomic E-state index is 0.459. The number of ether oxygens (including phenoxy) is 1. The van der Waals surface area contributed by atoms with Crippen LogP contribution in [0.4, 0.5) is 0 Å². The average Bonchev–Trinajstić information content (AvgIpc) is 2.47. The molecule has 0 N–H and O–H groups in total. The van der Waals surface area contributed by atoms with Crippen LogP contribution in [0.25, 0.3) is 0 Å². The fraction of sp³-hybridized carbons (Fsp3) is 0.333. The second-order valence-corrected chi connectivity index (χ2v) is 6.38. The summed E-state index contributed by atoms with van der Waals surface area (Å²) >= 11 is 12.6. The van der Waals surface area contributed by atoms with Gasteiger partial charge in [-0.3, -0.25) is 0 Å². The topological polar surface area (TPSA) is 12.5 Å². The molecule has 0 atom stereocenters. The fourth-order valence-electron chi connectivity index (χ4n) is 2.22. The Morgan fingerprint density at radius 2 is 1.59 bits per heavy atom. The lowest BCUT2D eigenvalue weighted by Gasteiger charge is -2.13. The molecule has 0 radical (unpaired) electrons. The molecule has 2 rings (SSSR count). The van der Waals surface area contributed by atoms with Gasteiger partial charge in [-0.15, -0.1) is 0 Å². The Labute approximate surface area is 142 Å². The van der Waals surface area contributed by atoms with Crippen molar-refractivity contribution in [3.63, 3.8) is 0 Å². The van der Waals surface area contributed by atoms with Gasteiger partial charge in [0.2, 0.25) is 0 Å². The van der Waals surface area contributed by atoms with Gasteiger partial charge in [0, 0.05) is 0 Å². The van der Waals surface area contributed by atoms with Gasteiger partial charge in [0.25, 0.3) is 0 Å². The first-order chi connectivity index (χ1) is 10.6. The maximum Gasteiger partial charge on any atom is 0.156 e. The van der Waals surface area contributed by atoms with Crippen LogP contribution in [0.1, 0.15) is 17.5 Å². The third kappa shape index (κ3) is 5.20. The second-order valence-electron chi connectivity index (χ2n) is 5.57. The summed E-state index contributed by atoms with van der Waals surface area (Å²) in [6.45, 7) is 1.50. The molecule has 0 saturated carbocycles. The summed E-state index contributed by atoms with van der Waals surface area (Å²) in [5.74, 6) is 0.559. The van der Waals surface area contributed by atoms with Gasteiger partial charge in [0.05, 0.1) is 10.0 Å². The number of aryl methyl sites for hydroxylation is 1. The Morgan fingerprint density at radius 3 is 2.18 bits per heavy atom. The van der Waals surface area contributed by atoms with Gasteiger partial charge in [-0.2, -0.15) is 0 Å². The first-order valence-electron chi connectivity index (χ1n) is 7.35. The maximum absolute atomic E-state index is 6.32. The quantitative estimate of drug-likeness (QED) is 0.699. The Kier molecular flexibility index (Phi) is 6.56. The second kappa shape index (κ2) is 8.42. The highest BCUT2D eigenvalue weighted by atomic mass is 35.5. The van der Waals surface area contributed by atoms with Crippen molar-refractivity contribution in [2.75, 3.05) is 20.6 Å². The van der Waals surface area contributed by atoms with Crippen LogP contribution in [0.3, 0.4) is 0 Å². The van der Waals surface area contributed by atoms with Gasteiger partial charge in [-0.25, -0.2) is 0 Å². The van der Waals surface area contributed by atoms with Crippen molar-refractivity contribution in [2.24, 2.45) is 0 Å². The van der Waals surface area contributed by atoms with Crippen molar-refractivity contribution < 1.29 is 4.74 Å². The van der Waals surface area contributed by atoms with Crippen LogP contribution in [0, 0.1) is 0 Å². The SMILES string of the molecule is CN(C)CCCc1cc(Cl)c(OCc2ccccc2)c(Cl)c1. The van der Waals surface area contributed by atoms with E-state index in [1.807, 2.05) is 42.5 Å². The summed E-state index contributed by atoms with van der Waals surface area (Å²) < 4.78 is 5.78. The van der Waals surface area contributed by atoms with Crippen LogP contribution >= 0.6 is 23.2 Å². The van der Waals surface area contributed by atoms with Gasteiger partial charge in [-0.1, -0.05) is 53.5 Å². The zero-order chi connectivity index (χ0) is 15.9. The fourth-order valence-corrected chi connectivity index (χ4v) is 2.87. The summed E-state index contributed by atoms with van der Waals surface area (Å²) in [5.41, 5.74) is 2.23. The van der Waals surface area contributed by atoms with Crippen LogP contribution in [0.15, 0.2) is 42.5 Å². The van der Waals surface area contributed by atoms with E-state index >= 15 is 0 Å². The maximum atomic E-state index is 6.32. The van der Waals surface area contributed by atoms with E-state index in [4.69, 9.17) is 27.9 Å². The molecule has 4 heteroatoms. The van der Waals surface area contributed by atoms with Gasteiger partial charge < -0.3 is 9.64 Å². The lowest BCUT2D eigenvalue weighted by Crippen LogP contribution is -2.13. The van der Waals surface area contributed by atoms with Crippen molar-refractivity contribution in [1.29, 1.82) is 0 Å². The zero-order valence-electron chi connectivity index (χ0n) is 13.0. The number of hydrogen-bond donors (Lipinski definition) is 0. The van der Waals surface area contributed by atoms with E-state index < -0.39 is 0 Å². The van der Waals surface area contributed by atoms with E-state index in [-0.39, 0.29) is 0 Å². The van der Waals surface area contributed by atoms with E-state index in [0.717, 1.165) is 30.5 Å². The predicted octanol–water partition coefficient (Wildman–Crippen LogP) is 5.07. The third-order valence-corrected chi connectivity index (χ3v) is 3.92. The molecule has 118 valence electrons. The van der Waals surface area contributed by atoms with Crippen molar-refractivity contribution in [1.82, 2.24) is 4.90 Å². The highest BCUT2D eigenvalue weighted by Gasteiger charge is 2.10. The minimum absolute atomic E-state index is 0.459. The van der Waals surface area contributed by atoms with Crippen molar-refractivity contribution in [3.8, 4) is 5.75 Å². The monoisotopic (exact) mass is 337 g/mol. The molecule has 2 aromatic carbocycles. The number of nitrogens with zero attached hydrogens (tertiary/aromatic N) is 1. The first-order valence-corrected chi connectivity index (χ1v) is 8.11. The predicted molar refractivity (Wildman–Crippen MR) is 94.1 cm³/mol. The summed E-state index contributed by atoms with van der Waals surface area (Å²) in [7, 11) is 4.14. The Bertz CT molecular complexity index is 576. The highest BCUT2D eigenvalue weighted by Crippen LogP contribution is 2.35. The lowest BCUT2D eigenvalue weighted by atomic mass is 10.1. The molecule has 0 fully saturated rings. The number of halogens is 2. The third-order valence-electron chi connectivity index (χ3n) is 3.35. The van der Waals surface area contributed by atoms with E-state index in [1.54, 1.807) is 0 Å². The van der Waals surface area contributed by atoms with E-state index in [0.29, 0.717) is 22.4 Å². The first kappa shape index (κ1) is 17.1. The normalized spacial score (nSPS) is 11.0. The lowest BCUT2D eigenvalue weighted by molar-refractivity contribution is 0.306. The molecule has 0 unspecified atom stereocenters. The van der Waals surface area contributed by atoms with Crippen LogP contribution in [0.5, 0.6) is 5.75 Å². The molecule has 0 aliphatic carbocycles. The summed E-state index contributed by atoms with van der Waals surface area (Å²) in [5, 5.41) is 1.14. The number of hydrogen-bond acceptors (Lipinski definition) is 2. The molecule has 0 aliphatic rings. The van der Waals surface area contributed by atoms with Gasteiger partial charge in [0.1, 0.15) is 6.61 Å². The van der Waals surface area contributed by atoms with Crippen molar-refractivity contribution in [2.45, 2.75) is 19.4 Å². The molecule has 0 saturated heterocycles. The molecule has 0 amide bonds. The smallest absolute Gasteiger partial charge is 0.156 e. The van der Waals surface area contributed by atoms with E-state index in [2.05, 4.69) is 19.0 Å². The molecule has 0 heterocycles. The molecule has 2 aromatic rings. The largest absolute Gasteiger partial charge is 0.486 e. The molecule has 0 aliphatic heterocycles.